The number of carbonyl (C=O) groups excluding carboxylic acids is 1. The van der Waals surface area contributed by atoms with Crippen molar-refractivity contribution in [3.05, 3.63) is 18.0 Å². The van der Waals surface area contributed by atoms with Crippen molar-refractivity contribution in [1.29, 1.82) is 0 Å². The van der Waals surface area contributed by atoms with Gasteiger partial charge in [0.1, 0.15) is 5.69 Å². The van der Waals surface area contributed by atoms with Crippen molar-refractivity contribution in [3.63, 3.8) is 0 Å². The second-order valence-electron chi connectivity index (χ2n) is 5.64. The first-order chi connectivity index (χ1) is 8.58. The van der Waals surface area contributed by atoms with Crippen molar-refractivity contribution in [2.45, 2.75) is 45.6 Å². The number of rotatable bonds is 4. The van der Waals surface area contributed by atoms with E-state index in [2.05, 4.69) is 18.8 Å². The third kappa shape index (κ3) is 2.86. The molecule has 1 aromatic rings. The summed E-state index contributed by atoms with van der Waals surface area (Å²) in [6, 6.07) is 2.13. The van der Waals surface area contributed by atoms with Crippen molar-refractivity contribution in [2.24, 2.45) is 5.92 Å². The molecular formula is C14H23N3O. The Bertz CT molecular complexity index is 405. The van der Waals surface area contributed by atoms with Gasteiger partial charge >= 0.3 is 0 Å². The van der Waals surface area contributed by atoms with E-state index in [1.54, 1.807) is 12.3 Å². The molecule has 0 spiro atoms. The smallest absolute Gasteiger partial charge is 0.270 e. The molecule has 18 heavy (non-hydrogen) atoms. The topological polar surface area (TPSA) is 62.1 Å². The van der Waals surface area contributed by atoms with Crippen molar-refractivity contribution in [1.82, 2.24) is 9.88 Å². The third-order valence-electron chi connectivity index (χ3n) is 3.52. The molecular weight excluding hydrogens is 226 g/mol. The zero-order chi connectivity index (χ0) is 13.1. The predicted molar refractivity (Wildman–Crippen MR) is 73.3 cm³/mol. The van der Waals surface area contributed by atoms with Gasteiger partial charge in [-0.05, 0) is 24.8 Å². The van der Waals surface area contributed by atoms with E-state index in [0.29, 0.717) is 23.3 Å². The molecule has 1 amide bonds. The summed E-state index contributed by atoms with van der Waals surface area (Å²) in [7, 11) is 0. The van der Waals surface area contributed by atoms with E-state index < -0.39 is 0 Å². The molecule has 0 unspecified atom stereocenters. The van der Waals surface area contributed by atoms with E-state index in [1.165, 1.54) is 12.8 Å². The molecule has 0 saturated heterocycles. The van der Waals surface area contributed by atoms with Gasteiger partial charge in [0.25, 0.3) is 5.91 Å². The summed E-state index contributed by atoms with van der Waals surface area (Å²) in [5.41, 5.74) is 6.90. The molecule has 4 nitrogen and oxygen atoms in total. The number of nitrogens with zero attached hydrogens (tertiary/aromatic N) is 1. The highest BCUT2D eigenvalue weighted by Crippen LogP contribution is 2.25. The molecule has 0 atom stereocenters. The van der Waals surface area contributed by atoms with Crippen molar-refractivity contribution >= 4 is 11.6 Å². The molecule has 100 valence electrons. The maximum atomic E-state index is 12.5. The summed E-state index contributed by atoms with van der Waals surface area (Å²) >= 11 is 0. The number of amides is 1. The fourth-order valence-electron chi connectivity index (χ4n) is 2.70. The van der Waals surface area contributed by atoms with Crippen LogP contribution in [-0.2, 0) is 0 Å². The Hall–Kier alpha value is -1.45. The summed E-state index contributed by atoms with van der Waals surface area (Å²) in [6.07, 6.45) is 6.41. The lowest BCUT2D eigenvalue weighted by atomic mass is 10.1. The minimum atomic E-state index is 0.0901. The van der Waals surface area contributed by atoms with E-state index in [1.807, 2.05) is 4.90 Å². The van der Waals surface area contributed by atoms with Gasteiger partial charge < -0.3 is 15.6 Å². The number of aromatic amines is 1. The van der Waals surface area contributed by atoms with Gasteiger partial charge in [0.05, 0.1) is 0 Å². The van der Waals surface area contributed by atoms with Gasteiger partial charge in [0.15, 0.2) is 0 Å². The minimum Gasteiger partial charge on any atom is -0.397 e. The highest BCUT2D eigenvalue weighted by molar-refractivity contribution is 5.93. The molecule has 1 heterocycles. The summed E-state index contributed by atoms with van der Waals surface area (Å²) in [4.78, 5) is 17.5. The normalized spacial score (nSPS) is 16.4. The van der Waals surface area contributed by atoms with E-state index in [0.717, 1.165) is 19.4 Å². The molecule has 2 rings (SSSR count). The van der Waals surface area contributed by atoms with Crippen LogP contribution in [0.3, 0.4) is 0 Å². The van der Waals surface area contributed by atoms with Gasteiger partial charge in [-0.15, -0.1) is 0 Å². The van der Waals surface area contributed by atoms with E-state index in [-0.39, 0.29) is 5.91 Å². The van der Waals surface area contributed by atoms with Gasteiger partial charge in [0, 0.05) is 24.5 Å². The number of hydrogen-bond donors (Lipinski definition) is 2. The number of anilines is 1. The summed E-state index contributed by atoms with van der Waals surface area (Å²) in [5, 5.41) is 0. The van der Waals surface area contributed by atoms with Gasteiger partial charge in [0.2, 0.25) is 0 Å². The Morgan fingerprint density at radius 2 is 2.17 bits per heavy atom. The molecule has 0 bridgehead atoms. The molecule has 4 heteroatoms. The van der Waals surface area contributed by atoms with Gasteiger partial charge in [-0.2, -0.15) is 0 Å². The largest absolute Gasteiger partial charge is 0.397 e. The quantitative estimate of drug-likeness (QED) is 0.861. The van der Waals surface area contributed by atoms with E-state index in [9.17, 15) is 4.79 Å². The van der Waals surface area contributed by atoms with Crippen LogP contribution in [0.2, 0.25) is 0 Å². The zero-order valence-corrected chi connectivity index (χ0v) is 11.3. The van der Waals surface area contributed by atoms with Crippen LogP contribution in [0.4, 0.5) is 5.69 Å². The average molecular weight is 249 g/mol. The standard InChI is InChI=1S/C14H23N3O/c1-10(2)9-17(12-5-3-4-6-12)14(18)13-7-11(15)8-16-13/h7-8,10,12,16H,3-6,9,15H2,1-2H3. The lowest BCUT2D eigenvalue weighted by Gasteiger charge is -2.30. The SMILES string of the molecule is CC(C)CN(C(=O)c1cc(N)c[nH]1)C1CCCC1. The van der Waals surface area contributed by atoms with Crippen molar-refractivity contribution in [3.8, 4) is 0 Å². The summed E-state index contributed by atoms with van der Waals surface area (Å²) in [5.74, 6) is 0.578. The van der Waals surface area contributed by atoms with Gasteiger partial charge in [-0.1, -0.05) is 26.7 Å². The van der Waals surface area contributed by atoms with Gasteiger partial charge in [-0.3, -0.25) is 4.79 Å². The minimum absolute atomic E-state index is 0.0901. The highest BCUT2D eigenvalue weighted by Gasteiger charge is 2.28. The van der Waals surface area contributed by atoms with Crippen LogP contribution in [0.1, 0.15) is 50.0 Å². The Morgan fingerprint density at radius 3 is 2.67 bits per heavy atom. The summed E-state index contributed by atoms with van der Waals surface area (Å²) in [6.45, 7) is 5.12. The Balaban J connectivity index is 2.14. The van der Waals surface area contributed by atoms with Crippen LogP contribution in [0.5, 0.6) is 0 Å². The maximum Gasteiger partial charge on any atom is 0.270 e. The molecule has 1 aromatic heterocycles. The highest BCUT2D eigenvalue weighted by atomic mass is 16.2. The summed E-state index contributed by atoms with van der Waals surface area (Å²) < 4.78 is 0. The molecule has 1 fully saturated rings. The Morgan fingerprint density at radius 1 is 1.50 bits per heavy atom. The van der Waals surface area contributed by atoms with Crippen LogP contribution in [0.15, 0.2) is 12.3 Å². The lowest BCUT2D eigenvalue weighted by molar-refractivity contribution is 0.0650. The lowest BCUT2D eigenvalue weighted by Crippen LogP contribution is -2.41. The van der Waals surface area contributed by atoms with Crippen LogP contribution in [-0.4, -0.2) is 28.4 Å². The molecule has 0 aliphatic heterocycles. The third-order valence-corrected chi connectivity index (χ3v) is 3.52. The number of aromatic nitrogens is 1. The first kappa shape index (κ1) is 13.0. The zero-order valence-electron chi connectivity index (χ0n) is 11.3. The predicted octanol–water partition coefficient (Wildman–Crippen LogP) is 2.64. The van der Waals surface area contributed by atoms with Crippen LogP contribution < -0.4 is 5.73 Å². The number of H-pyrrole nitrogens is 1. The van der Waals surface area contributed by atoms with E-state index >= 15 is 0 Å². The second kappa shape index (κ2) is 5.46. The maximum absolute atomic E-state index is 12.5. The second-order valence-corrected chi connectivity index (χ2v) is 5.64. The average Bonchev–Trinajstić information content (AvgIpc) is 2.95. The molecule has 1 saturated carbocycles. The first-order valence-electron chi connectivity index (χ1n) is 6.82. The number of nitrogens with one attached hydrogen (secondary N) is 1. The molecule has 0 aromatic carbocycles. The Labute approximate surface area is 109 Å². The fourth-order valence-corrected chi connectivity index (χ4v) is 2.70. The molecule has 0 radical (unpaired) electrons. The van der Waals surface area contributed by atoms with Crippen molar-refractivity contribution in [2.75, 3.05) is 12.3 Å². The van der Waals surface area contributed by atoms with E-state index in [4.69, 9.17) is 5.73 Å². The van der Waals surface area contributed by atoms with Crippen LogP contribution >= 0.6 is 0 Å². The number of carbonyl (C=O) groups is 1. The Kier molecular flexibility index (Phi) is 3.94. The number of hydrogen-bond acceptors (Lipinski definition) is 2. The first-order valence-corrected chi connectivity index (χ1v) is 6.82. The monoisotopic (exact) mass is 249 g/mol. The fraction of sp³-hybridized carbons (Fsp3) is 0.643. The molecule has 1 aliphatic carbocycles. The number of nitrogens with two attached hydrogens (primary N) is 1. The number of nitrogen functional groups attached to an aromatic ring is 1. The molecule has 1 aliphatic rings. The van der Waals surface area contributed by atoms with Crippen LogP contribution in [0, 0.1) is 5.92 Å². The van der Waals surface area contributed by atoms with Gasteiger partial charge in [-0.25, -0.2) is 0 Å². The van der Waals surface area contributed by atoms with Crippen molar-refractivity contribution < 1.29 is 4.79 Å². The van der Waals surface area contributed by atoms with Crippen LogP contribution in [0.25, 0.3) is 0 Å². The molecule has 3 N–H and O–H groups in total.